The van der Waals surface area contributed by atoms with Crippen molar-refractivity contribution in [2.24, 2.45) is 11.8 Å². The van der Waals surface area contributed by atoms with Gasteiger partial charge in [0.1, 0.15) is 11.6 Å². The molecule has 0 aliphatic carbocycles. The van der Waals surface area contributed by atoms with Gasteiger partial charge in [0.15, 0.2) is 0 Å². The van der Waals surface area contributed by atoms with Crippen LogP contribution in [0.3, 0.4) is 0 Å². The molecule has 1 aromatic heterocycles. The fraction of sp³-hybridized carbons (Fsp3) is 0.474. The molecule has 0 bridgehead atoms. The number of amides is 1. The van der Waals surface area contributed by atoms with E-state index in [1.807, 2.05) is 27.7 Å². The van der Waals surface area contributed by atoms with E-state index in [9.17, 15) is 19.1 Å². The van der Waals surface area contributed by atoms with Crippen LogP contribution in [-0.2, 0) is 4.79 Å². The minimum Gasteiger partial charge on any atom is -0.481 e. The first-order chi connectivity index (χ1) is 12.7. The summed E-state index contributed by atoms with van der Waals surface area (Å²) in [6, 6.07) is 5.86. The van der Waals surface area contributed by atoms with Crippen molar-refractivity contribution in [1.29, 1.82) is 0 Å². The number of nitrogens with one attached hydrogen (secondary N) is 1. The second-order valence-electron chi connectivity index (χ2n) is 7.21. The third-order valence-corrected chi connectivity index (χ3v) is 4.02. The molecule has 0 saturated carbocycles. The highest BCUT2D eigenvalue weighted by Gasteiger charge is 2.23. The number of nitrogens with zero attached hydrogens (tertiary/aromatic N) is 3. The number of rotatable bonds is 8. The highest BCUT2D eigenvalue weighted by atomic mass is 19.1. The van der Waals surface area contributed by atoms with Gasteiger partial charge in [0.2, 0.25) is 5.82 Å². The largest absolute Gasteiger partial charge is 0.481 e. The Bertz CT molecular complexity index is 817. The number of carbonyl (C=O) groups is 2. The van der Waals surface area contributed by atoms with E-state index in [-0.39, 0.29) is 24.2 Å². The van der Waals surface area contributed by atoms with Crippen molar-refractivity contribution in [2.75, 3.05) is 6.54 Å². The van der Waals surface area contributed by atoms with E-state index in [0.717, 1.165) is 0 Å². The van der Waals surface area contributed by atoms with E-state index in [4.69, 9.17) is 0 Å². The smallest absolute Gasteiger partial charge is 0.308 e. The molecule has 0 fully saturated rings. The molecule has 1 atom stereocenters. The highest BCUT2D eigenvalue weighted by molar-refractivity contribution is 5.90. The zero-order valence-corrected chi connectivity index (χ0v) is 15.9. The van der Waals surface area contributed by atoms with Crippen molar-refractivity contribution in [3.05, 3.63) is 41.7 Å². The van der Waals surface area contributed by atoms with Gasteiger partial charge in [0.05, 0.1) is 11.6 Å². The molecule has 27 heavy (non-hydrogen) atoms. The Morgan fingerprint density at radius 1 is 1.26 bits per heavy atom. The first-order valence-corrected chi connectivity index (χ1v) is 8.93. The van der Waals surface area contributed by atoms with Gasteiger partial charge in [0, 0.05) is 12.5 Å². The summed E-state index contributed by atoms with van der Waals surface area (Å²) in [6.45, 7) is 7.64. The third kappa shape index (κ3) is 5.35. The molecule has 2 rings (SSSR count). The molecule has 0 aliphatic heterocycles. The van der Waals surface area contributed by atoms with Gasteiger partial charge >= 0.3 is 5.97 Å². The highest BCUT2D eigenvalue weighted by Crippen LogP contribution is 2.18. The number of aromatic nitrogens is 3. The van der Waals surface area contributed by atoms with Crippen LogP contribution in [-0.4, -0.2) is 38.3 Å². The summed E-state index contributed by atoms with van der Waals surface area (Å²) >= 11 is 0. The summed E-state index contributed by atoms with van der Waals surface area (Å²) in [7, 11) is 0. The summed E-state index contributed by atoms with van der Waals surface area (Å²) in [4.78, 5) is 28.0. The van der Waals surface area contributed by atoms with Gasteiger partial charge in [0.25, 0.3) is 5.91 Å². The Morgan fingerprint density at radius 2 is 1.96 bits per heavy atom. The van der Waals surface area contributed by atoms with Gasteiger partial charge in [-0.1, -0.05) is 33.8 Å². The SMILES string of the molecule is CC(C)CC(CNC(=O)c1nc(C(C)C)n(-c2cccc(F)c2)n1)C(=O)O. The van der Waals surface area contributed by atoms with Crippen LogP contribution in [0.15, 0.2) is 24.3 Å². The van der Waals surface area contributed by atoms with E-state index in [1.165, 1.54) is 16.8 Å². The lowest BCUT2D eigenvalue weighted by molar-refractivity contribution is -0.142. The second-order valence-corrected chi connectivity index (χ2v) is 7.21. The van der Waals surface area contributed by atoms with E-state index in [0.29, 0.717) is 17.9 Å². The minimum atomic E-state index is -0.954. The zero-order chi connectivity index (χ0) is 20.1. The zero-order valence-electron chi connectivity index (χ0n) is 15.9. The molecule has 0 spiro atoms. The molecule has 2 aromatic rings. The van der Waals surface area contributed by atoms with Crippen LogP contribution in [0, 0.1) is 17.7 Å². The van der Waals surface area contributed by atoms with Crippen molar-refractivity contribution in [1.82, 2.24) is 20.1 Å². The van der Waals surface area contributed by atoms with Gasteiger partial charge in [-0.2, -0.15) is 0 Å². The Balaban J connectivity index is 2.22. The van der Waals surface area contributed by atoms with Crippen LogP contribution in [0.5, 0.6) is 0 Å². The topological polar surface area (TPSA) is 97.1 Å². The molecule has 1 unspecified atom stereocenters. The fourth-order valence-corrected chi connectivity index (χ4v) is 2.73. The first-order valence-electron chi connectivity index (χ1n) is 8.93. The lowest BCUT2D eigenvalue weighted by Crippen LogP contribution is -2.34. The summed E-state index contributed by atoms with van der Waals surface area (Å²) in [5.74, 6) is -2.01. The lowest BCUT2D eigenvalue weighted by atomic mass is 9.97. The predicted molar refractivity (Wildman–Crippen MR) is 98.3 cm³/mol. The number of carboxylic acid groups (broad SMARTS) is 1. The molecule has 0 saturated heterocycles. The number of halogens is 1. The third-order valence-electron chi connectivity index (χ3n) is 4.02. The number of aliphatic carboxylic acids is 1. The average molecular weight is 376 g/mol. The normalized spacial score (nSPS) is 12.4. The molecule has 1 amide bonds. The number of benzene rings is 1. The van der Waals surface area contributed by atoms with Gasteiger partial charge in [-0.05, 0) is 30.5 Å². The maximum absolute atomic E-state index is 13.5. The molecule has 0 aliphatic rings. The number of hydrogen-bond acceptors (Lipinski definition) is 4. The van der Waals surface area contributed by atoms with Crippen molar-refractivity contribution >= 4 is 11.9 Å². The van der Waals surface area contributed by atoms with E-state index in [2.05, 4.69) is 15.4 Å². The molecule has 146 valence electrons. The molecule has 1 aromatic carbocycles. The lowest BCUT2D eigenvalue weighted by Gasteiger charge is -2.14. The molecule has 0 radical (unpaired) electrons. The van der Waals surface area contributed by atoms with Gasteiger partial charge in [-0.15, -0.1) is 5.10 Å². The van der Waals surface area contributed by atoms with Crippen molar-refractivity contribution in [2.45, 2.75) is 40.0 Å². The fourth-order valence-electron chi connectivity index (χ4n) is 2.73. The predicted octanol–water partition coefficient (Wildman–Crippen LogP) is 3.01. The molecule has 2 N–H and O–H groups in total. The standard InChI is InChI=1S/C19H25FN4O3/c1-11(2)8-13(19(26)27)10-21-18(25)16-22-17(12(3)4)24(23-16)15-7-5-6-14(20)9-15/h5-7,9,11-13H,8,10H2,1-4H3,(H,21,25)(H,26,27). The maximum atomic E-state index is 13.5. The first kappa shape index (κ1) is 20.5. The van der Waals surface area contributed by atoms with Crippen LogP contribution < -0.4 is 5.32 Å². The Hall–Kier alpha value is -2.77. The summed E-state index contributed by atoms with van der Waals surface area (Å²) < 4.78 is 15.0. The maximum Gasteiger partial charge on any atom is 0.308 e. The van der Waals surface area contributed by atoms with Gasteiger partial charge in [-0.3, -0.25) is 9.59 Å². The second kappa shape index (κ2) is 8.75. The molecular weight excluding hydrogens is 351 g/mol. The Labute approximate surface area is 157 Å². The monoisotopic (exact) mass is 376 g/mol. The van der Waals surface area contributed by atoms with Crippen LogP contribution >= 0.6 is 0 Å². The molecule has 7 nitrogen and oxygen atoms in total. The number of carbonyl (C=O) groups excluding carboxylic acids is 1. The Kier molecular flexibility index (Phi) is 6.65. The van der Waals surface area contributed by atoms with Crippen molar-refractivity contribution in [3.63, 3.8) is 0 Å². The van der Waals surface area contributed by atoms with Crippen molar-refractivity contribution < 1.29 is 19.1 Å². The number of carboxylic acids is 1. The van der Waals surface area contributed by atoms with Gasteiger partial charge in [-0.25, -0.2) is 14.1 Å². The average Bonchev–Trinajstić information content (AvgIpc) is 3.03. The molecule has 8 heteroatoms. The summed E-state index contributed by atoms with van der Waals surface area (Å²) in [5, 5.41) is 16.1. The van der Waals surface area contributed by atoms with Gasteiger partial charge < -0.3 is 10.4 Å². The van der Waals surface area contributed by atoms with E-state index < -0.39 is 23.6 Å². The van der Waals surface area contributed by atoms with Crippen LogP contribution in [0.1, 0.15) is 56.5 Å². The molecule has 1 heterocycles. The van der Waals surface area contributed by atoms with E-state index >= 15 is 0 Å². The minimum absolute atomic E-state index is 0.00212. The van der Waals surface area contributed by atoms with Crippen molar-refractivity contribution in [3.8, 4) is 5.69 Å². The van der Waals surface area contributed by atoms with E-state index in [1.54, 1.807) is 12.1 Å². The summed E-state index contributed by atoms with van der Waals surface area (Å²) in [5.41, 5.74) is 0.466. The van der Waals surface area contributed by atoms with Crippen LogP contribution in [0.4, 0.5) is 4.39 Å². The number of hydrogen-bond donors (Lipinski definition) is 2. The van der Waals surface area contributed by atoms with Crippen LogP contribution in [0.25, 0.3) is 5.69 Å². The quantitative estimate of drug-likeness (QED) is 0.738. The molecular formula is C19H25FN4O3. The summed E-state index contributed by atoms with van der Waals surface area (Å²) in [6.07, 6.45) is 0.456. The Morgan fingerprint density at radius 3 is 2.52 bits per heavy atom. The van der Waals surface area contributed by atoms with Crippen LogP contribution in [0.2, 0.25) is 0 Å².